The molecular weight excluding hydrogens is 397 g/mol. The molecule has 1 unspecified atom stereocenters. The highest BCUT2D eigenvalue weighted by molar-refractivity contribution is 5.87. The predicted octanol–water partition coefficient (Wildman–Crippen LogP) is 4.51. The number of phenolic OH excluding ortho intramolecular Hbond substituents is 1. The number of nitrogens with two attached hydrogens (primary N) is 1. The van der Waals surface area contributed by atoms with Gasteiger partial charge in [-0.2, -0.15) is 5.26 Å². The summed E-state index contributed by atoms with van der Waals surface area (Å²) in [5.41, 5.74) is 8.20. The topological polar surface area (TPSA) is 101 Å². The number of allylic oxidation sites excluding steroid dienone is 1. The predicted molar refractivity (Wildman–Crippen MR) is 114 cm³/mol. The maximum Gasteiger partial charge on any atom is 0.205 e. The van der Waals surface area contributed by atoms with Gasteiger partial charge in [-0.1, -0.05) is 24.3 Å². The zero-order valence-corrected chi connectivity index (χ0v) is 16.5. The van der Waals surface area contributed by atoms with E-state index < -0.39 is 11.7 Å². The number of nitrogens with zero attached hydrogens (tertiary/aromatic N) is 2. The lowest BCUT2D eigenvalue weighted by Gasteiger charge is -2.27. The summed E-state index contributed by atoms with van der Waals surface area (Å²) in [5, 5.41) is 20.2. The van der Waals surface area contributed by atoms with Crippen LogP contribution in [-0.4, -0.2) is 18.4 Å². The summed E-state index contributed by atoms with van der Waals surface area (Å²) in [7, 11) is 1.55. The molecule has 0 spiro atoms. The van der Waals surface area contributed by atoms with Gasteiger partial charge < -0.3 is 20.3 Å². The Morgan fingerprint density at radius 2 is 2.00 bits per heavy atom. The van der Waals surface area contributed by atoms with Crippen LogP contribution in [0, 0.1) is 17.1 Å². The molecule has 31 heavy (non-hydrogen) atoms. The molecule has 154 valence electrons. The van der Waals surface area contributed by atoms with Crippen molar-refractivity contribution >= 4 is 11.9 Å². The van der Waals surface area contributed by atoms with Gasteiger partial charge in [0.25, 0.3) is 0 Å². The molecular formula is C24H18FN3O3. The number of rotatable bonds is 4. The quantitative estimate of drug-likeness (QED) is 0.611. The van der Waals surface area contributed by atoms with E-state index in [-0.39, 0.29) is 23.0 Å². The van der Waals surface area contributed by atoms with Crippen LogP contribution in [-0.2, 0) is 0 Å². The van der Waals surface area contributed by atoms with Gasteiger partial charge in [-0.25, -0.2) is 4.39 Å². The molecule has 7 heteroatoms. The first-order valence-electron chi connectivity index (χ1n) is 9.39. The largest absolute Gasteiger partial charge is 0.507 e. The van der Waals surface area contributed by atoms with Crippen LogP contribution in [0.25, 0.3) is 0 Å². The summed E-state index contributed by atoms with van der Waals surface area (Å²) in [6.45, 7) is 0. The third-order valence-corrected chi connectivity index (χ3v) is 4.97. The average Bonchev–Trinajstić information content (AvgIpc) is 2.77. The highest BCUT2D eigenvalue weighted by atomic mass is 19.1. The van der Waals surface area contributed by atoms with Gasteiger partial charge in [0, 0.05) is 23.4 Å². The van der Waals surface area contributed by atoms with Gasteiger partial charge >= 0.3 is 0 Å². The summed E-state index contributed by atoms with van der Waals surface area (Å²) in [4.78, 5) is 4.41. The molecule has 0 saturated carbocycles. The molecule has 1 aliphatic heterocycles. The van der Waals surface area contributed by atoms with Crippen LogP contribution >= 0.6 is 0 Å². The lowest BCUT2D eigenvalue weighted by Crippen LogP contribution is -2.21. The number of phenols is 1. The molecule has 3 aromatic carbocycles. The number of fused-ring (bicyclic) bond motifs is 1. The smallest absolute Gasteiger partial charge is 0.205 e. The first-order chi connectivity index (χ1) is 15.0. The molecule has 0 saturated heterocycles. The Balaban J connectivity index is 1.83. The number of aliphatic imine (C=N–C) groups is 1. The standard InChI is InChI=1S/C24H18FN3O3/c1-30-21-8-3-2-7-19(21)28-13-15-10-17-22(11-20(15)29)31-24(27)18(12-26)23(17)14-5-4-6-16(25)9-14/h2-11,13,23,29H,27H2,1H3. The van der Waals surface area contributed by atoms with Crippen LogP contribution < -0.4 is 15.2 Å². The van der Waals surface area contributed by atoms with Crippen molar-refractivity contribution in [3.05, 3.63) is 94.6 Å². The van der Waals surface area contributed by atoms with Crippen LogP contribution in [0.4, 0.5) is 10.1 Å². The molecule has 4 rings (SSSR count). The van der Waals surface area contributed by atoms with Crippen molar-refractivity contribution in [2.45, 2.75) is 5.92 Å². The second-order valence-electron chi connectivity index (χ2n) is 6.86. The van der Waals surface area contributed by atoms with Crippen molar-refractivity contribution < 1.29 is 19.0 Å². The monoisotopic (exact) mass is 415 g/mol. The number of halogens is 1. The molecule has 3 N–H and O–H groups in total. The fraction of sp³-hybridized carbons (Fsp3) is 0.0833. The van der Waals surface area contributed by atoms with E-state index in [0.717, 1.165) is 0 Å². The Labute approximate surface area is 178 Å². The van der Waals surface area contributed by atoms with Crippen LogP contribution in [0.3, 0.4) is 0 Å². The number of aromatic hydroxyl groups is 1. The highest BCUT2D eigenvalue weighted by Crippen LogP contribution is 2.44. The minimum absolute atomic E-state index is 0.0800. The first kappa shape index (κ1) is 20.0. The Kier molecular flexibility index (Phi) is 5.29. The van der Waals surface area contributed by atoms with Crippen molar-refractivity contribution in [2.24, 2.45) is 10.7 Å². The number of methoxy groups -OCH3 is 1. The minimum atomic E-state index is -0.650. The molecule has 3 aromatic rings. The van der Waals surface area contributed by atoms with Gasteiger partial charge in [0.15, 0.2) is 0 Å². The third-order valence-electron chi connectivity index (χ3n) is 4.97. The normalized spacial score (nSPS) is 15.3. The minimum Gasteiger partial charge on any atom is -0.507 e. The second kappa shape index (κ2) is 8.20. The molecule has 1 heterocycles. The zero-order chi connectivity index (χ0) is 22.0. The van der Waals surface area contributed by atoms with Crippen LogP contribution in [0.5, 0.6) is 17.2 Å². The summed E-state index contributed by atoms with van der Waals surface area (Å²) in [5.74, 6) is -0.373. The van der Waals surface area contributed by atoms with Crippen molar-refractivity contribution in [1.82, 2.24) is 0 Å². The summed E-state index contributed by atoms with van der Waals surface area (Å²) >= 11 is 0. The molecule has 0 fully saturated rings. The molecule has 0 bridgehead atoms. The molecule has 1 atom stereocenters. The lowest BCUT2D eigenvalue weighted by molar-refractivity contribution is 0.388. The number of nitriles is 1. The average molecular weight is 415 g/mol. The Hall–Kier alpha value is -4.31. The van der Waals surface area contributed by atoms with E-state index in [1.807, 2.05) is 12.1 Å². The van der Waals surface area contributed by atoms with Crippen molar-refractivity contribution in [1.29, 1.82) is 5.26 Å². The van der Waals surface area contributed by atoms with Crippen molar-refractivity contribution in [3.8, 4) is 23.3 Å². The third kappa shape index (κ3) is 3.79. The molecule has 0 amide bonds. The van der Waals surface area contributed by atoms with Crippen molar-refractivity contribution in [3.63, 3.8) is 0 Å². The van der Waals surface area contributed by atoms with Gasteiger partial charge in [0.1, 0.15) is 40.4 Å². The molecule has 1 aliphatic rings. The van der Waals surface area contributed by atoms with Gasteiger partial charge in [-0.3, -0.25) is 4.99 Å². The van der Waals surface area contributed by atoms with Crippen LogP contribution in [0.1, 0.15) is 22.6 Å². The van der Waals surface area contributed by atoms with Crippen molar-refractivity contribution in [2.75, 3.05) is 7.11 Å². The van der Waals surface area contributed by atoms with Gasteiger partial charge in [0.05, 0.1) is 13.0 Å². The maximum atomic E-state index is 13.9. The number of benzene rings is 3. The number of ether oxygens (including phenoxy) is 2. The fourth-order valence-corrected chi connectivity index (χ4v) is 3.52. The van der Waals surface area contributed by atoms with E-state index in [4.69, 9.17) is 15.2 Å². The lowest BCUT2D eigenvalue weighted by atomic mass is 9.83. The molecule has 0 aromatic heterocycles. The zero-order valence-electron chi connectivity index (χ0n) is 16.5. The van der Waals surface area contributed by atoms with E-state index >= 15 is 0 Å². The first-order valence-corrected chi connectivity index (χ1v) is 9.39. The number of hydrogen-bond acceptors (Lipinski definition) is 6. The van der Waals surface area contributed by atoms with E-state index in [1.54, 1.807) is 37.4 Å². The molecule has 6 nitrogen and oxygen atoms in total. The second-order valence-corrected chi connectivity index (χ2v) is 6.86. The Bertz CT molecular complexity index is 1260. The SMILES string of the molecule is COc1ccccc1N=Cc1cc2c(cc1O)OC(N)=C(C#N)C2c1cccc(F)c1. The van der Waals surface area contributed by atoms with E-state index in [9.17, 15) is 14.8 Å². The van der Waals surface area contributed by atoms with Crippen LogP contribution in [0.15, 0.2) is 77.1 Å². The number of para-hydroxylation sites is 2. The Morgan fingerprint density at radius 1 is 1.19 bits per heavy atom. The molecule has 0 radical (unpaired) electrons. The molecule has 0 aliphatic carbocycles. The van der Waals surface area contributed by atoms with E-state index in [0.29, 0.717) is 28.1 Å². The van der Waals surface area contributed by atoms with Gasteiger partial charge in [-0.05, 0) is 35.9 Å². The summed E-state index contributed by atoms with van der Waals surface area (Å²) in [6, 6.07) is 18.3. The number of hydrogen-bond donors (Lipinski definition) is 2. The highest BCUT2D eigenvalue weighted by Gasteiger charge is 2.31. The van der Waals surface area contributed by atoms with Gasteiger partial charge in [-0.15, -0.1) is 0 Å². The Morgan fingerprint density at radius 3 is 2.74 bits per heavy atom. The van der Waals surface area contributed by atoms with Crippen LogP contribution in [0.2, 0.25) is 0 Å². The van der Waals surface area contributed by atoms with E-state index in [2.05, 4.69) is 11.1 Å². The maximum absolute atomic E-state index is 13.9. The summed E-state index contributed by atoms with van der Waals surface area (Å²) < 4.78 is 24.8. The fourth-order valence-electron chi connectivity index (χ4n) is 3.52. The van der Waals surface area contributed by atoms with E-state index in [1.165, 1.54) is 24.4 Å². The van der Waals surface area contributed by atoms with Gasteiger partial charge in [0.2, 0.25) is 5.88 Å². The summed E-state index contributed by atoms with van der Waals surface area (Å²) in [6.07, 6.45) is 1.49.